The topological polar surface area (TPSA) is 66.5 Å². The molecule has 0 radical (unpaired) electrons. The third-order valence-corrected chi connectivity index (χ3v) is 5.81. The molecule has 1 unspecified atom stereocenters. The Hall–Kier alpha value is -1.76. The highest BCUT2D eigenvalue weighted by molar-refractivity contribution is 7.92. The van der Waals surface area contributed by atoms with Crippen molar-refractivity contribution in [1.82, 2.24) is 5.32 Å². The highest BCUT2D eigenvalue weighted by atomic mass is 35.5. The molecular weight excluding hydrogens is 407 g/mol. The summed E-state index contributed by atoms with van der Waals surface area (Å²) in [5.74, 6) is -0.431. The van der Waals surface area contributed by atoms with Gasteiger partial charge in [0.2, 0.25) is 15.9 Å². The predicted octanol–water partition coefficient (Wildman–Crippen LogP) is 4.25. The molecule has 0 aliphatic rings. The molecule has 0 bridgehead atoms. The van der Waals surface area contributed by atoms with Gasteiger partial charge in [-0.15, -0.1) is 0 Å². The summed E-state index contributed by atoms with van der Waals surface area (Å²) in [5, 5.41) is 3.39. The number of carbonyl (C=O) groups is 1. The van der Waals surface area contributed by atoms with Crippen molar-refractivity contribution in [3.63, 3.8) is 0 Å². The molecule has 0 saturated heterocycles. The Balaban J connectivity index is 2.23. The number of nitrogens with zero attached hydrogens (tertiary/aromatic N) is 1. The van der Waals surface area contributed by atoms with Crippen LogP contribution in [0.4, 0.5) is 5.69 Å². The zero-order valence-electron chi connectivity index (χ0n) is 15.6. The molecular formula is C19H22Cl2N2O3S. The maximum atomic E-state index is 12.5. The fourth-order valence-corrected chi connectivity index (χ4v) is 4.22. The van der Waals surface area contributed by atoms with E-state index in [4.69, 9.17) is 23.2 Å². The highest BCUT2D eigenvalue weighted by Crippen LogP contribution is 2.30. The zero-order valence-corrected chi connectivity index (χ0v) is 17.9. The summed E-state index contributed by atoms with van der Waals surface area (Å²) in [4.78, 5) is 12.5. The summed E-state index contributed by atoms with van der Waals surface area (Å²) in [6.07, 6.45) is 1.03. The second-order valence-electron chi connectivity index (χ2n) is 6.51. The first-order valence-corrected chi connectivity index (χ1v) is 10.9. The molecule has 1 atom stereocenters. The molecule has 0 saturated carbocycles. The summed E-state index contributed by atoms with van der Waals surface area (Å²) < 4.78 is 25.4. The van der Waals surface area contributed by atoms with E-state index < -0.39 is 15.9 Å². The number of benzene rings is 2. The lowest BCUT2D eigenvalue weighted by molar-refractivity contribution is -0.120. The van der Waals surface area contributed by atoms with Gasteiger partial charge in [-0.3, -0.25) is 9.10 Å². The van der Waals surface area contributed by atoms with Gasteiger partial charge in [-0.2, -0.15) is 0 Å². The van der Waals surface area contributed by atoms with Crippen LogP contribution in [0.1, 0.15) is 29.7 Å². The molecule has 2 aromatic rings. The normalized spacial score (nSPS) is 12.5. The maximum Gasteiger partial charge on any atom is 0.241 e. The van der Waals surface area contributed by atoms with Crippen molar-refractivity contribution >= 4 is 44.8 Å². The molecule has 8 heteroatoms. The van der Waals surface area contributed by atoms with Crippen LogP contribution < -0.4 is 9.62 Å². The average Bonchev–Trinajstić information content (AvgIpc) is 2.54. The SMILES string of the molecule is Cc1ccc(C)c(C(C)NC(=O)CN(c2ccc(Cl)cc2Cl)S(C)(=O)=O)c1. The summed E-state index contributed by atoms with van der Waals surface area (Å²) in [7, 11) is -3.72. The number of hydrogen-bond acceptors (Lipinski definition) is 3. The summed E-state index contributed by atoms with van der Waals surface area (Å²) in [6.45, 7) is 5.42. The first-order valence-electron chi connectivity index (χ1n) is 8.28. The van der Waals surface area contributed by atoms with E-state index in [0.717, 1.165) is 27.3 Å². The molecule has 2 aromatic carbocycles. The molecule has 27 heavy (non-hydrogen) atoms. The molecule has 0 aromatic heterocycles. The van der Waals surface area contributed by atoms with Gasteiger partial charge in [0.25, 0.3) is 0 Å². The Bertz CT molecular complexity index is 961. The lowest BCUT2D eigenvalue weighted by Crippen LogP contribution is -2.41. The lowest BCUT2D eigenvalue weighted by Gasteiger charge is -2.24. The first-order chi connectivity index (χ1) is 12.5. The van der Waals surface area contributed by atoms with Gasteiger partial charge in [0.1, 0.15) is 6.54 Å². The quantitative estimate of drug-likeness (QED) is 0.747. The molecule has 0 aliphatic carbocycles. The summed E-state index contributed by atoms with van der Waals surface area (Å²) >= 11 is 12.0. The third kappa shape index (κ3) is 5.61. The van der Waals surface area contributed by atoms with Crippen LogP contribution in [0.5, 0.6) is 0 Å². The zero-order chi connectivity index (χ0) is 20.4. The van der Waals surface area contributed by atoms with Crippen molar-refractivity contribution in [2.45, 2.75) is 26.8 Å². The number of rotatable bonds is 6. The Labute approximate surface area is 170 Å². The molecule has 146 valence electrons. The van der Waals surface area contributed by atoms with Gasteiger partial charge >= 0.3 is 0 Å². The van der Waals surface area contributed by atoms with Gasteiger partial charge in [-0.25, -0.2) is 8.42 Å². The van der Waals surface area contributed by atoms with Crippen LogP contribution in [0.25, 0.3) is 0 Å². The van der Waals surface area contributed by atoms with Crippen molar-refractivity contribution in [2.24, 2.45) is 0 Å². The van der Waals surface area contributed by atoms with Crippen LogP contribution in [0.2, 0.25) is 10.0 Å². The largest absolute Gasteiger partial charge is 0.348 e. The summed E-state index contributed by atoms with van der Waals surface area (Å²) in [6, 6.07) is 10.2. The van der Waals surface area contributed by atoms with E-state index in [1.54, 1.807) is 0 Å². The molecule has 0 aliphatic heterocycles. The lowest BCUT2D eigenvalue weighted by atomic mass is 10.00. The van der Waals surface area contributed by atoms with Crippen LogP contribution in [-0.4, -0.2) is 27.1 Å². The van der Waals surface area contributed by atoms with E-state index in [0.29, 0.717) is 5.02 Å². The Morgan fingerprint density at radius 2 is 1.81 bits per heavy atom. The minimum absolute atomic E-state index is 0.156. The number of halogens is 2. The van der Waals surface area contributed by atoms with Crippen molar-refractivity contribution in [2.75, 3.05) is 17.1 Å². The number of aryl methyl sites for hydroxylation is 2. The van der Waals surface area contributed by atoms with Crippen molar-refractivity contribution in [3.05, 3.63) is 63.1 Å². The molecule has 0 fully saturated rings. The monoisotopic (exact) mass is 428 g/mol. The Morgan fingerprint density at radius 3 is 2.41 bits per heavy atom. The van der Waals surface area contributed by atoms with E-state index >= 15 is 0 Å². The maximum absolute atomic E-state index is 12.5. The standard InChI is InChI=1S/C19H22Cl2N2O3S/c1-12-5-6-13(2)16(9-12)14(3)22-19(24)11-23(27(4,25)26)18-8-7-15(20)10-17(18)21/h5-10,14H,11H2,1-4H3,(H,22,24). The highest BCUT2D eigenvalue weighted by Gasteiger charge is 2.24. The molecule has 5 nitrogen and oxygen atoms in total. The average molecular weight is 429 g/mol. The minimum Gasteiger partial charge on any atom is -0.348 e. The second kappa shape index (κ2) is 8.50. The number of anilines is 1. The Morgan fingerprint density at radius 1 is 1.15 bits per heavy atom. The number of carbonyl (C=O) groups excluding carboxylic acids is 1. The summed E-state index contributed by atoms with van der Waals surface area (Å²) in [5.41, 5.74) is 3.33. The van der Waals surface area contributed by atoms with E-state index in [1.165, 1.54) is 18.2 Å². The van der Waals surface area contributed by atoms with Gasteiger partial charge in [-0.05, 0) is 50.1 Å². The predicted molar refractivity (Wildman–Crippen MR) is 111 cm³/mol. The van der Waals surface area contributed by atoms with Crippen molar-refractivity contribution in [3.8, 4) is 0 Å². The second-order valence-corrected chi connectivity index (χ2v) is 9.27. The van der Waals surface area contributed by atoms with Crippen LogP contribution in [0.3, 0.4) is 0 Å². The smallest absolute Gasteiger partial charge is 0.241 e. The number of amides is 1. The minimum atomic E-state index is -3.72. The molecule has 1 amide bonds. The van der Waals surface area contributed by atoms with Gasteiger partial charge in [0.15, 0.2) is 0 Å². The number of hydrogen-bond donors (Lipinski definition) is 1. The van der Waals surface area contributed by atoms with E-state index in [9.17, 15) is 13.2 Å². The van der Waals surface area contributed by atoms with Crippen LogP contribution >= 0.6 is 23.2 Å². The van der Waals surface area contributed by atoms with E-state index in [1.807, 2.05) is 39.0 Å². The third-order valence-electron chi connectivity index (χ3n) is 4.14. The van der Waals surface area contributed by atoms with Gasteiger partial charge in [0.05, 0.1) is 23.0 Å². The molecule has 1 N–H and O–H groups in total. The molecule has 0 heterocycles. The van der Waals surface area contributed by atoms with Crippen molar-refractivity contribution < 1.29 is 13.2 Å². The van der Waals surface area contributed by atoms with Crippen LogP contribution in [-0.2, 0) is 14.8 Å². The van der Waals surface area contributed by atoms with Gasteiger partial charge < -0.3 is 5.32 Å². The van der Waals surface area contributed by atoms with Crippen LogP contribution in [0, 0.1) is 13.8 Å². The fourth-order valence-electron chi connectivity index (χ4n) is 2.79. The van der Waals surface area contributed by atoms with Crippen molar-refractivity contribution in [1.29, 1.82) is 0 Å². The van der Waals surface area contributed by atoms with Crippen LogP contribution in [0.15, 0.2) is 36.4 Å². The van der Waals surface area contributed by atoms with Gasteiger partial charge in [0, 0.05) is 5.02 Å². The number of nitrogens with one attached hydrogen (secondary N) is 1. The molecule has 2 rings (SSSR count). The van der Waals surface area contributed by atoms with E-state index in [2.05, 4.69) is 5.32 Å². The van der Waals surface area contributed by atoms with E-state index in [-0.39, 0.29) is 23.3 Å². The number of sulfonamides is 1. The fraction of sp³-hybridized carbons (Fsp3) is 0.316. The molecule has 0 spiro atoms. The van der Waals surface area contributed by atoms with Gasteiger partial charge in [-0.1, -0.05) is 47.0 Å². The Kier molecular flexibility index (Phi) is 6.78. The first kappa shape index (κ1) is 21.5.